The van der Waals surface area contributed by atoms with Crippen LogP contribution in [0.15, 0.2) is 47.5 Å². The Kier molecular flexibility index (Phi) is 4.10. The van der Waals surface area contributed by atoms with Crippen molar-refractivity contribution in [1.29, 1.82) is 0 Å². The van der Waals surface area contributed by atoms with Crippen LogP contribution in [0.3, 0.4) is 0 Å². The zero-order valence-electron chi connectivity index (χ0n) is 14.0. The summed E-state index contributed by atoms with van der Waals surface area (Å²) in [7, 11) is 0. The second kappa shape index (κ2) is 5.95. The SMILES string of the molecule is CCN1C(=O)C(C)(C)N=C(c2ccccc2Cl)c2cc(N)ccc21. The van der Waals surface area contributed by atoms with Gasteiger partial charge in [-0.15, -0.1) is 0 Å². The number of benzodiazepines with no additional fused rings is 1. The summed E-state index contributed by atoms with van der Waals surface area (Å²) in [6.45, 7) is 6.16. The van der Waals surface area contributed by atoms with Gasteiger partial charge in [-0.05, 0) is 45.0 Å². The van der Waals surface area contributed by atoms with Gasteiger partial charge in [-0.1, -0.05) is 29.8 Å². The Hall–Kier alpha value is -2.33. The molecule has 0 bridgehead atoms. The Labute approximate surface area is 146 Å². The van der Waals surface area contributed by atoms with E-state index in [9.17, 15) is 4.79 Å². The predicted molar refractivity (Wildman–Crippen MR) is 100 cm³/mol. The maximum Gasteiger partial charge on any atom is 0.254 e. The van der Waals surface area contributed by atoms with Crippen molar-refractivity contribution in [2.75, 3.05) is 17.2 Å². The number of carbonyl (C=O) groups is 1. The molecular weight excluding hydrogens is 322 g/mol. The average molecular weight is 342 g/mol. The van der Waals surface area contributed by atoms with Gasteiger partial charge >= 0.3 is 0 Å². The largest absolute Gasteiger partial charge is 0.399 e. The minimum absolute atomic E-state index is 0.0434. The van der Waals surface area contributed by atoms with Gasteiger partial charge in [0.1, 0.15) is 5.54 Å². The van der Waals surface area contributed by atoms with Crippen molar-refractivity contribution in [2.45, 2.75) is 26.3 Å². The summed E-state index contributed by atoms with van der Waals surface area (Å²) in [6, 6.07) is 13.1. The van der Waals surface area contributed by atoms with Gasteiger partial charge in [-0.25, -0.2) is 0 Å². The molecule has 0 unspecified atom stereocenters. The normalized spacial score (nSPS) is 16.4. The first-order valence-corrected chi connectivity index (χ1v) is 8.29. The van der Waals surface area contributed by atoms with Gasteiger partial charge in [0.2, 0.25) is 0 Å². The van der Waals surface area contributed by atoms with Gasteiger partial charge < -0.3 is 10.6 Å². The molecule has 0 aliphatic carbocycles. The summed E-state index contributed by atoms with van der Waals surface area (Å²) in [5.41, 5.74) is 8.86. The van der Waals surface area contributed by atoms with Crippen LogP contribution in [0.5, 0.6) is 0 Å². The lowest BCUT2D eigenvalue weighted by Gasteiger charge is -2.27. The van der Waals surface area contributed by atoms with Gasteiger partial charge in [0.15, 0.2) is 0 Å². The molecule has 0 aromatic heterocycles. The molecule has 1 heterocycles. The van der Waals surface area contributed by atoms with Crippen molar-refractivity contribution in [1.82, 2.24) is 0 Å². The molecule has 0 saturated heterocycles. The fourth-order valence-corrected chi connectivity index (χ4v) is 3.20. The first kappa shape index (κ1) is 16.5. The molecule has 2 aromatic carbocycles. The number of likely N-dealkylation sites (N-methyl/N-ethyl adjacent to an activating group) is 1. The summed E-state index contributed by atoms with van der Waals surface area (Å²) in [6.07, 6.45) is 0. The number of benzene rings is 2. The molecular formula is C19H20ClN3O. The second-order valence-corrected chi connectivity index (χ2v) is 6.73. The van der Waals surface area contributed by atoms with Crippen molar-refractivity contribution >= 4 is 34.6 Å². The van der Waals surface area contributed by atoms with Crippen LogP contribution < -0.4 is 10.6 Å². The minimum atomic E-state index is -0.891. The van der Waals surface area contributed by atoms with Crippen molar-refractivity contribution in [2.24, 2.45) is 4.99 Å². The van der Waals surface area contributed by atoms with E-state index in [1.54, 1.807) is 11.0 Å². The average Bonchev–Trinajstić information content (AvgIpc) is 2.62. The number of rotatable bonds is 2. The number of fused-ring (bicyclic) bond motifs is 1. The van der Waals surface area contributed by atoms with Crippen LogP contribution in [0, 0.1) is 0 Å². The maximum atomic E-state index is 13.0. The lowest BCUT2D eigenvalue weighted by molar-refractivity contribution is -0.122. The zero-order valence-corrected chi connectivity index (χ0v) is 14.8. The first-order chi connectivity index (χ1) is 11.3. The predicted octanol–water partition coefficient (Wildman–Crippen LogP) is 3.90. The second-order valence-electron chi connectivity index (χ2n) is 6.33. The molecule has 0 fully saturated rings. The third-order valence-electron chi connectivity index (χ3n) is 4.17. The van der Waals surface area contributed by atoms with Gasteiger partial charge in [0.05, 0.1) is 11.4 Å². The fraction of sp³-hybridized carbons (Fsp3) is 0.263. The number of hydrogen-bond acceptors (Lipinski definition) is 3. The summed E-state index contributed by atoms with van der Waals surface area (Å²) < 4.78 is 0. The summed E-state index contributed by atoms with van der Waals surface area (Å²) >= 11 is 6.41. The molecule has 1 aliphatic heterocycles. The van der Waals surface area contributed by atoms with Crippen LogP contribution >= 0.6 is 11.6 Å². The van der Waals surface area contributed by atoms with E-state index in [-0.39, 0.29) is 5.91 Å². The number of hydrogen-bond donors (Lipinski definition) is 1. The Morgan fingerprint density at radius 3 is 2.54 bits per heavy atom. The van der Waals surface area contributed by atoms with Crippen LogP contribution in [-0.4, -0.2) is 23.7 Å². The number of aliphatic imine (C=N–C) groups is 1. The molecule has 0 radical (unpaired) electrons. The lowest BCUT2D eigenvalue weighted by atomic mass is 9.99. The molecule has 1 amide bonds. The Morgan fingerprint density at radius 1 is 1.17 bits per heavy atom. The zero-order chi connectivity index (χ0) is 17.5. The number of nitrogens with zero attached hydrogens (tertiary/aromatic N) is 2. The highest BCUT2D eigenvalue weighted by molar-refractivity contribution is 6.36. The van der Waals surface area contributed by atoms with E-state index in [1.807, 2.05) is 57.2 Å². The van der Waals surface area contributed by atoms with Crippen molar-refractivity contribution in [3.05, 3.63) is 58.6 Å². The van der Waals surface area contributed by atoms with Gasteiger partial charge in [-0.3, -0.25) is 9.79 Å². The summed E-state index contributed by atoms with van der Waals surface area (Å²) in [5.74, 6) is -0.0434. The van der Waals surface area contributed by atoms with E-state index in [0.717, 1.165) is 16.8 Å². The molecule has 0 atom stereocenters. The topological polar surface area (TPSA) is 58.7 Å². The molecule has 5 heteroatoms. The van der Waals surface area contributed by atoms with Crippen LogP contribution in [-0.2, 0) is 4.79 Å². The van der Waals surface area contributed by atoms with Crippen molar-refractivity contribution in [3.8, 4) is 0 Å². The van der Waals surface area contributed by atoms with Gasteiger partial charge in [-0.2, -0.15) is 0 Å². The highest BCUT2D eigenvalue weighted by atomic mass is 35.5. The van der Waals surface area contributed by atoms with Gasteiger partial charge in [0.25, 0.3) is 5.91 Å². The van der Waals surface area contributed by atoms with E-state index in [4.69, 9.17) is 22.3 Å². The molecule has 2 aromatic rings. The standard InChI is InChI=1S/C19H20ClN3O/c1-4-23-16-10-9-12(21)11-14(16)17(22-19(2,3)18(23)24)13-7-5-6-8-15(13)20/h5-11H,4,21H2,1-3H3. The molecule has 0 spiro atoms. The van der Waals surface area contributed by atoms with Gasteiger partial charge in [0, 0.05) is 28.4 Å². The molecule has 3 rings (SSSR count). The van der Waals surface area contributed by atoms with E-state index in [2.05, 4.69) is 0 Å². The third-order valence-corrected chi connectivity index (χ3v) is 4.50. The molecule has 124 valence electrons. The number of halogens is 1. The molecule has 1 aliphatic rings. The quantitative estimate of drug-likeness (QED) is 0.842. The number of amides is 1. The number of carbonyl (C=O) groups excluding carboxylic acids is 1. The Morgan fingerprint density at radius 2 is 1.88 bits per heavy atom. The lowest BCUT2D eigenvalue weighted by Crippen LogP contribution is -2.43. The van der Waals surface area contributed by atoms with Crippen molar-refractivity contribution < 1.29 is 4.79 Å². The van der Waals surface area contributed by atoms with Crippen molar-refractivity contribution in [3.63, 3.8) is 0 Å². The summed E-state index contributed by atoms with van der Waals surface area (Å²) in [4.78, 5) is 19.5. The monoisotopic (exact) mass is 341 g/mol. The highest BCUT2D eigenvalue weighted by Crippen LogP contribution is 2.34. The third kappa shape index (κ3) is 2.67. The fourth-order valence-electron chi connectivity index (χ4n) is 2.98. The van der Waals surface area contributed by atoms with Crippen LogP contribution in [0.4, 0.5) is 11.4 Å². The molecule has 4 nitrogen and oxygen atoms in total. The Balaban J connectivity index is 2.36. The number of nitrogens with two attached hydrogens (primary N) is 1. The molecule has 0 saturated carbocycles. The van der Waals surface area contributed by atoms with Crippen LogP contribution in [0.1, 0.15) is 31.9 Å². The molecule has 2 N–H and O–H groups in total. The van der Waals surface area contributed by atoms with E-state index >= 15 is 0 Å². The first-order valence-electron chi connectivity index (χ1n) is 7.91. The van der Waals surface area contributed by atoms with E-state index < -0.39 is 5.54 Å². The smallest absolute Gasteiger partial charge is 0.254 e. The Bertz CT molecular complexity index is 842. The van der Waals surface area contributed by atoms with Crippen LogP contribution in [0.2, 0.25) is 5.02 Å². The number of nitrogen functional groups attached to an aromatic ring is 1. The number of anilines is 2. The highest BCUT2D eigenvalue weighted by Gasteiger charge is 2.37. The van der Waals surface area contributed by atoms with E-state index in [0.29, 0.717) is 23.0 Å². The maximum absolute atomic E-state index is 13.0. The van der Waals surface area contributed by atoms with E-state index in [1.165, 1.54) is 0 Å². The van der Waals surface area contributed by atoms with Crippen LogP contribution in [0.25, 0.3) is 0 Å². The summed E-state index contributed by atoms with van der Waals surface area (Å²) in [5, 5.41) is 0.595. The molecule has 24 heavy (non-hydrogen) atoms. The minimum Gasteiger partial charge on any atom is -0.399 e.